The molecule has 2 heterocycles. The van der Waals surface area contributed by atoms with Crippen LogP contribution < -0.4 is 5.73 Å². The van der Waals surface area contributed by atoms with Gasteiger partial charge in [0, 0.05) is 5.39 Å². The highest BCUT2D eigenvalue weighted by Gasteiger charge is 2.32. The molecular formula is C10H5F3N4. The molecule has 0 aliphatic rings. The fraction of sp³-hybridized carbons (Fsp3) is 0.100. The van der Waals surface area contributed by atoms with E-state index < -0.39 is 11.9 Å². The molecule has 0 atom stereocenters. The number of aromatic nitrogens is 2. The predicted octanol–water partition coefficient (Wildman–Crippen LogP) is 2.10. The van der Waals surface area contributed by atoms with E-state index in [1.165, 1.54) is 12.1 Å². The van der Waals surface area contributed by atoms with Gasteiger partial charge in [0.2, 0.25) is 0 Å². The van der Waals surface area contributed by atoms with E-state index in [-0.39, 0.29) is 17.0 Å². The second-order valence-electron chi connectivity index (χ2n) is 3.27. The molecule has 2 rings (SSSR count). The number of nitrogens with zero attached hydrogens (tertiary/aromatic N) is 3. The van der Waals surface area contributed by atoms with Gasteiger partial charge in [0.25, 0.3) is 0 Å². The first-order valence-corrected chi connectivity index (χ1v) is 4.46. The number of hydrogen-bond donors (Lipinski definition) is 1. The quantitative estimate of drug-likeness (QED) is 0.762. The van der Waals surface area contributed by atoms with Crippen molar-refractivity contribution in [3.8, 4) is 6.07 Å². The van der Waals surface area contributed by atoms with Crippen LogP contribution in [0.25, 0.3) is 11.0 Å². The molecule has 86 valence electrons. The standard InChI is InChI=1S/C10H5F3N4/c11-10(12,13)7-2-1-5-3-6(4-14)8(15)17-9(5)16-7/h1-3H,(H2,15,16,17). The van der Waals surface area contributed by atoms with Gasteiger partial charge in [-0.05, 0) is 18.2 Å². The molecule has 0 radical (unpaired) electrons. The van der Waals surface area contributed by atoms with Crippen LogP contribution in [-0.2, 0) is 6.18 Å². The lowest BCUT2D eigenvalue weighted by molar-refractivity contribution is -0.141. The number of fused-ring (bicyclic) bond motifs is 1. The van der Waals surface area contributed by atoms with Gasteiger partial charge in [-0.2, -0.15) is 18.4 Å². The zero-order valence-electron chi connectivity index (χ0n) is 8.28. The van der Waals surface area contributed by atoms with Crippen LogP contribution in [0.1, 0.15) is 11.3 Å². The van der Waals surface area contributed by atoms with E-state index in [1.54, 1.807) is 6.07 Å². The first-order chi connectivity index (χ1) is 7.91. The normalized spacial score (nSPS) is 11.4. The SMILES string of the molecule is N#Cc1cc2ccc(C(F)(F)F)nc2nc1N. The lowest BCUT2D eigenvalue weighted by atomic mass is 10.2. The first kappa shape index (κ1) is 11.1. The molecule has 0 fully saturated rings. The maximum absolute atomic E-state index is 12.4. The fourth-order valence-electron chi connectivity index (χ4n) is 1.31. The molecule has 0 saturated heterocycles. The van der Waals surface area contributed by atoms with Crippen molar-refractivity contribution in [2.45, 2.75) is 6.18 Å². The Labute approximate surface area is 93.5 Å². The minimum absolute atomic E-state index is 0.110. The summed E-state index contributed by atoms with van der Waals surface area (Å²) in [5, 5.41) is 9.03. The molecule has 17 heavy (non-hydrogen) atoms. The average Bonchev–Trinajstić information content (AvgIpc) is 2.26. The molecule has 0 aliphatic carbocycles. The smallest absolute Gasteiger partial charge is 0.383 e. The third-order valence-corrected chi connectivity index (χ3v) is 2.12. The summed E-state index contributed by atoms with van der Waals surface area (Å²) in [4.78, 5) is 7.02. The third-order valence-electron chi connectivity index (χ3n) is 2.12. The van der Waals surface area contributed by atoms with Crippen LogP contribution >= 0.6 is 0 Å². The minimum atomic E-state index is -4.53. The number of hydrogen-bond acceptors (Lipinski definition) is 4. The molecular weight excluding hydrogens is 233 g/mol. The van der Waals surface area contributed by atoms with Gasteiger partial charge in [0.05, 0.1) is 5.56 Å². The van der Waals surface area contributed by atoms with Crippen LogP contribution in [0, 0.1) is 11.3 Å². The number of anilines is 1. The Bertz CT molecular complexity index is 628. The van der Waals surface area contributed by atoms with E-state index in [4.69, 9.17) is 11.0 Å². The van der Waals surface area contributed by atoms with Crippen molar-refractivity contribution >= 4 is 16.9 Å². The zero-order chi connectivity index (χ0) is 12.6. The summed E-state index contributed by atoms with van der Waals surface area (Å²) in [6.45, 7) is 0. The maximum Gasteiger partial charge on any atom is 0.433 e. The molecule has 2 aromatic rings. The molecule has 0 bridgehead atoms. The number of pyridine rings is 2. The Morgan fingerprint density at radius 3 is 2.53 bits per heavy atom. The average molecular weight is 238 g/mol. The summed E-state index contributed by atoms with van der Waals surface area (Å²) >= 11 is 0. The maximum atomic E-state index is 12.4. The molecule has 2 aromatic heterocycles. The van der Waals surface area contributed by atoms with Crippen LogP contribution in [0.4, 0.5) is 19.0 Å². The summed E-state index contributed by atoms with van der Waals surface area (Å²) in [5.74, 6) is -0.133. The molecule has 2 N–H and O–H groups in total. The third kappa shape index (κ3) is 1.97. The Kier molecular flexibility index (Phi) is 2.35. The highest BCUT2D eigenvalue weighted by atomic mass is 19.4. The van der Waals surface area contributed by atoms with Crippen molar-refractivity contribution < 1.29 is 13.2 Å². The summed E-state index contributed by atoms with van der Waals surface area (Å²) in [6, 6.07) is 5.19. The van der Waals surface area contributed by atoms with Crippen molar-refractivity contribution in [1.29, 1.82) is 5.26 Å². The number of nitrogen functional groups attached to an aromatic ring is 1. The van der Waals surface area contributed by atoms with Crippen LogP contribution in [0.2, 0.25) is 0 Å². The number of alkyl halides is 3. The van der Waals surface area contributed by atoms with Gasteiger partial charge >= 0.3 is 6.18 Å². The van der Waals surface area contributed by atoms with Crippen LogP contribution in [0.15, 0.2) is 18.2 Å². The lowest BCUT2D eigenvalue weighted by Gasteiger charge is -2.06. The van der Waals surface area contributed by atoms with Crippen molar-refractivity contribution in [2.75, 3.05) is 5.73 Å². The minimum Gasteiger partial charge on any atom is -0.383 e. The Morgan fingerprint density at radius 1 is 1.24 bits per heavy atom. The second kappa shape index (κ2) is 3.59. The largest absolute Gasteiger partial charge is 0.433 e. The van der Waals surface area contributed by atoms with Gasteiger partial charge in [0.15, 0.2) is 5.65 Å². The van der Waals surface area contributed by atoms with Crippen LogP contribution in [0.5, 0.6) is 0 Å². The molecule has 0 unspecified atom stereocenters. The molecule has 0 amide bonds. The van der Waals surface area contributed by atoms with Crippen molar-refractivity contribution in [1.82, 2.24) is 9.97 Å². The van der Waals surface area contributed by atoms with Gasteiger partial charge in [-0.25, -0.2) is 9.97 Å². The van der Waals surface area contributed by atoms with Gasteiger partial charge in [-0.15, -0.1) is 0 Å². The number of nitrogens with two attached hydrogens (primary N) is 1. The van der Waals surface area contributed by atoms with Gasteiger partial charge in [-0.3, -0.25) is 0 Å². The predicted molar refractivity (Wildman–Crippen MR) is 53.7 cm³/mol. The summed E-state index contributed by atoms with van der Waals surface area (Å²) in [5.41, 5.74) is 4.34. The van der Waals surface area contributed by atoms with E-state index in [0.717, 1.165) is 6.07 Å². The molecule has 0 aliphatic heterocycles. The summed E-state index contributed by atoms with van der Waals surface area (Å²) in [6.07, 6.45) is -4.53. The first-order valence-electron chi connectivity index (χ1n) is 4.46. The molecule has 7 heteroatoms. The van der Waals surface area contributed by atoms with Gasteiger partial charge in [0.1, 0.15) is 17.6 Å². The number of nitriles is 1. The van der Waals surface area contributed by atoms with E-state index in [2.05, 4.69) is 9.97 Å². The fourth-order valence-corrected chi connectivity index (χ4v) is 1.31. The Morgan fingerprint density at radius 2 is 1.94 bits per heavy atom. The monoisotopic (exact) mass is 238 g/mol. The molecule has 4 nitrogen and oxygen atoms in total. The highest BCUT2D eigenvalue weighted by Crippen LogP contribution is 2.29. The van der Waals surface area contributed by atoms with Gasteiger partial charge < -0.3 is 5.73 Å². The van der Waals surface area contributed by atoms with E-state index in [1.807, 2.05) is 0 Å². The van der Waals surface area contributed by atoms with Gasteiger partial charge in [-0.1, -0.05) is 0 Å². The van der Waals surface area contributed by atoms with Crippen LogP contribution in [0.3, 0.4) is 0 Å². The summed E-state index contributed by atoms with van der Waals surface area (Å²) < 4.78 is 37.2. The number of rotatable bonds is 0. The van der Waals surface area contributed by atoms with Crippen molar-refractivity contribution in [2.24, 2.45) is 0 Å². The van der Waals surface area contributed by atoms with E-state index in [0.29, 0.717) is 5.39 Å². The summed E-state index contributed by atoms with van der Waals surface area (Å²) in [7, 11) is 0. The highest BCUT2D eigenvalue weighted by molar-refractivity contribution is 5.79. The molecule has 0 aromatic carbocycles. The second-order valence-corrected chi connectivity index (χ2v) is 3.27. The molecule has 0 saturated carbocycles. The topological polar surface area (TPSA) is 75.6 Å². The Balaban J connectivity index is 2.69. The zero-order valence-corrected chi connectivity index (χ0v) is 8.28. The van der Waals surface area contributed by atoms with Crippen LogP contribution in [-0.4, -0.2) is 9.97 Å². The van der Waals surface area contributed by atoms with Crippen molar-refractivity contribution in [3.63, 3.8) is 0 Å². The Hall–Kier alpha value is -2.36. The van der Waals surface area contributed by atoms with E-state index in [9.17, 15) is 13.2 Å². The number of halogens is 3. The lowest BCUT2D eigenvalue weighted by Crippen LogP contribution is -2.08. The molecule has 0 spiro atoms. The van der Waals surface area contributed by atoms with Crippen molar-refractivity contribution in [3.05, 3.63) is 29.5 Å². The van der Waals surface area contributed by atoms with E-state index >= 15 is 0 Å².